The summed E-state index contributed by atoms with van der Waals surface area (Å²) >= 11 is 0.697. The van der Waals surface area contributed by atoms with Crippen LogP contribution in [-0.4, -0.2) is 5.25 Å². The molecule has 53 valence electrons. The van der Waals surface area contributed by atoms with Crippen LogP contribution in [0.4, 0.5) is 0 Å². The highest BCUT2D eigenvalue weighted by Crippen LogP contribution is 2.04. The molecule has 0 rings (SSSR count). The van der Waals surface area contributed by atoms with Crippen molar-refractivity contribution in [2.75, 3.05) is 0 Å². The van der Waals surface area contributed by atoms with Gasteiger partial charge in [-0.2, -0.15) is 0 Å². The van der Waals surface area contributed by atoms with Gasteiger partial charge in [0.15, 0.2) is 0 Å². The summed E-state index contributed by atoms with van der Waals surface area (Å²) in [4.78, 5) is 0. The maximum Gasteiger partial charge on any atom is 0.462 e. The summed E-state index contributed by atoms with van der Waals surface area (Å²) in [6.07, 6.45) is 4.15. The lowest BCUT2D eigenvalue weighted by molar-refractivity contribution is 0.587. The highest BCUT2D eigenvalue weighted by atomic mass is 32.1. The van der Waals surface area contributed by atoms with Gasteiger partial charge in [-0.3, -0.25) is 0 Å². The summed E-state index contributed by atoms with van der Waals surface area (Å²) in [7, 11) is 0. The van der Waals surface area contributed by atoms with Crippen LogP contribution in [0.5, 0.6) is 0 Å². The van der Waals surface area contributed by atoms with E-state index in [9.17, 15) is 4.21 Å². The second-order valence-corrected chi connectivity index (χ2v) is 3.01. The standard InChI is InChI=1S/C7H14OS/c1-3-5-6-7(4-2)9-8/h7H,2-6H2,1H3/q+1. The quantitative estimate of drug-likeness (QED) is 0.543. The molecule has 0 aromatic carbocycles. The van der Waals surface area contributed by atoms with Crippen LogP contribution >= 0.6 is 0 Å². The van der Waals surface area contributed by atoms with E-state index in [-0.39, 0.29) is 5.25 Å². The molecule has 0 heterocycles. The first kappa shape index (κ1) is 9.02. The normalized spacial score (nSPS) is 13.1. The number of hydrogen-bond donors (Lipinski definition) is 0. The molecule has 0 fully saturated rings. The molecule has 9 heavy (non-hydrogen) atoms. The Kier molecular flexibility index (Phi) is 6.16. The van der Waals surface area contributed by atoms with Gasteiger partial charge in [-0.05, 0) is 13.3 Å². The maximum atomic E-state index is 10.2. The van der Waals surface area contributed by atoms with Crippen LogP contribution in [-0.2, 0) is 15.9 Å². The van der Waals surface area contributed by atoms with Crippen molar-refractivity contribution in [3.63, 3.8) is 0 Å². The Morgan fingerprint density at radius 1 is 1.67 bits per heavy atom. The Balaban J connectivity index is 3.20. The molecule has 0 saturated heterocycles. The first-order valence-electron chi connectivity index (χ1n) is 3.43. The summed E-state index contributed by atoms with van der Waals surface area (Å²) in [5.41, 5.74) is 0. The first-order chi connectivity index (χ1) is 4.35. The maximum absolute atomic E-state index is 10.2. The minimum absolute atomic E-state index is 0.255. The van der Waals surface area contributed by atoms with Crippen LogP contribution in [0.25, 0.3) is 0 Å². The van der Waals surface area contributed by atoms with Crippen molar-refractivity contribution in [2.45, 2.75) is 37.9 Å². The molecule has 0 aromatic heterocycles. The van der Waals surface area contributed by atoms with Gasteiger partial charge in [0.1, 0.15) is 0 Å². The fourth-order valence-electron chi connectivity index (χ4n) is 0.672. The smallest absolute Gasteiger partial charge is 0.0654 e. The third kappa shape index (κ3) is 4.52. The van der Waals surface area contributed by atoms with Gasteiger partial charge in [0.05, 0.1) is 0 Å². The zero-order valence-electron chi connectivity index (χ0n) is 5.93. The fourth-order valence-corrected chi connectivity index (χ4v) is 1.03. The summed E-state index contributed by atoms with van der Waals surface area (Å²) in [5, 5.41) is 0.255. The molecule has 1 unspecified atom stereocenters. The zero-order chi connectivity index (χ0) is 7.11. The molecule has 0 aliphatic heterocycles. The van der Waals surface area contributed by atoms with Crippen LogP contribution in [0.1, 0.15) is 32.6 Å². The second kappa shape index (κ2) is 6.14. The number of unbranched alkanes of at least 4 members (excludes halogenated alkanes) is 1. The predicted molar refractivity (Wildman–Crippen MR) is 41.3 cm³/mol. The monoisotopic (exact) mass is 146 g/mol. The lowest BCUT2D eigenvalue weighted by Gasteiger charge is -1.92. The van der Waals surface area contributed by atoms with Gasteiger partial charge in [0.2, 0.25) is 5.25 Å². The zero-order valence-corrected chi connectivity index (χ0v) is 6.75. The molecule has 1 radical (unpaired) electrons. The van der Waals surface area contributed by atoms with Crippen molar-refractivity contribution < 1.29 is 4.21 Å². The van der Waals surface area contributed by atoms with E-state index < -0.39 is 0 Å². The average Bonchev–Trinajstić information content (AvgIpc) is 1.91. The van der Waals surface area contributed by atoms with Crippen molar-refractivity contribution in [3.05, 3.63) is 6.92 Å². The largest absolute Gasteiger partial charge is 0.462 e. The Morgan fingerprint density at radius 3 is 2.67 bits per heavy atom. The number of rotatable bonds is 5. The van der Waals surface area contributed by atoms with E-state index in [1.807, 2.05) is 0 Å². The van der Waals surface area contributed by atoms with E-state index >= 15 is 0 Å². The molecule has 0 saturated carbocycles. The molecule has 0 N–H and O–H groups in total. The highest BCUT2D eigenvalue weighted by molar-refractivity contribution is 7.66. The summed E-state index contributed by atoms with van der Waals surface area (Å²) in [6, 6.07) is 0. The predicted octanol–water partition coefficient (Wildman–Crippen LogP) is 2.20. The molecule has 0 amide bonds. The Labute approximate surface area is 61.3 Å². The fraction of sp³-hybridized carbons (Fsp3) is 0.857. The molecule has 0 spiro atoms. The van der Waals surface area contributed by atoms with E-state index in [2.05, 4.69) is 13.8 Å². The Hall–Kier alpha value is 0.0200. The topological polar surface area (TPSA) is 17.1 Å². The van der Waals surface area contributed by atoms with Gasteiger partial charge in [-0.15, -0.1) is 0 Å². The van der Waals surface area contributed by atoms with Crippen LogP contribution in [0.3, 0.4) is 0 Å². The highest BCUT2D eigenvalue weighted by Gasteiger charge is 2.16. The molecular formula is C7H14OS+. The average molecular weight is 146 g/mol. The van der Waals surface area contributed by atoms with Crippen molar-refractivity contribution in [1.82, 2.24) is 0 Å². The lowest BCUT2D eigenvalue weighted by atomic mass is 10.2. The summed E-state index contributed by atoms with van der Waals surface area (Å²) < 4.78 is 10.2. The van der Waals surface area contributed by atoms with Crippen LogP contribution in [0, 0.1) is 6.92 Å². The van der Waals surface area contributed by atoms with Gasteiger partial charge >= 0.3 is 11.7 Å². The Morgan fingerprint density at radius 2 is 2.33 bits per heavy atom. The summed E-state index contributed by atoms with van der Waals surface area (Å²) in [5.74, 6) is 0. The van der Waals surface area contributed by atoms with Gasteiger partial charge in [-0.1, -0.05) is 13.3 Å². The first-order valence-corrected chi connectivity index (χ1v) is 4.23. The summed E-state index contributed by atoms with van der Waals surface area (Å²) in [6.45, 7) is 5.82. The van der Waals surface area contributed by atoms with Crippen molar-refractivity contribution in [3.8, 4) is 0 Å². The van der Waals surface area contributed by atoms with E-state index in [0.29, 0.717) is 11.7 Å². The van der Waals surface area contributed by atoms with Gasteiger partial charge in [0, 0.05) is 17.1 Å². The van der Waals surface area contributed by atoms with Crippen LogP contribution < -0.4 is 0 Å². The van der Waals surface area contributed by atoms with E-state index in [4.69, 9.17) is 0 Å². The molecule has 0 aliphatic carbocycles. The SMILES string of the molecule is [CH2]CC(CCCC)[S+]=O. The molecule has 0 aliphatic rings. The lowest BCUT2D eigenvalue weighted by Crippen LogP contribution is -2.02. The minimum atomic E-state index is 0.255. The number of hydrogen-bond acceptors (Lipinski definition) is 1. The third-order valence-corrected chi connectivity index (χ3v) is 2.08. The van der Waals surface area contributed by atoms with Gasteiger partial charge in [-0.25, -0.2) is 0 Å². The van der Waals surface area contributed by atoms with E-state index in [0.717, 1.165) is 19.3 Å². The van der Waals surface area contributed by atoms with E-state index in [1.165, 1.54) is 6.42 Å². The molecule has 1 nitrogen and oxygen atoms in total. The molecule has 1 atom stereocenters. The van der Waals surface area contributed by atoms with Gasteiger partial charge in [0.25, 0.3) is 0 Å². The van der Waals surface area contributed by atoms with E-state index in [1.54, 1.807) is 0 Å². The molecular weight excluding hydrogens is 132 g/mol. The van der Waals surface area contributed by atoms with Gasteiger partial charge < -0.3 is 0 Å². The minimum Gasteiger partial charge on any atom is -0.0654 e. The third-order valence-electron chi connectivity index (χ3n) is 1.34. The molecule has 0 bridgehead atoms. The van der Waals surface area contributed by atoms with Crippen molar-refractivity contribution in [2.24, 2.45) is 0 Å². The molecule has 0 aromatic rings. The second-order valence-electron chi connectivity index (χ2n) is 2.15. The van der Waals surface area contributed by atoms with Crippen LogP contribution in [0.2, 0.25) is 0 Å². The molecule has 2 heteroatoms. The van der Waals surface area contributed by atoms with Crippen molar-refractivity contribution >= 4 is 11.7 Å². The van der Waals surface area contributed by atoms with Crippen LogP contribution in [0.15, 0.2) is 0 Å². The van der Waals surface area contributed by atoms with Crippen molar-refractivity contribution in [1.29, 1.82) is 0 Å². The Bertz CT molecular complexity index is 73.3.